The van der Waals surface area contributed by atoms with Crippen LogP contribution in [-0.2, 0) is 23.3 Å². The highest BCUT2D eigenvalue weighted by atomic mass is 16.2. The Morgan fingerprint density at radius 2 is 2.04 bits per heavy atom. The van der Waals surface area contributed by atoms with E-state index in [1.165, 1.54) is 5.56 Å². The monoisotopic (exact) mass is 311 g/mol. The summed E-state index contributed by atoms with van der Waals surface area (Å²) in [5, 5.41) is 4.37. The van der Waals surface area contributed by atoms with Crippen molar-refractivity contribution in [2.24, 2.45) is 0 Å². The number of amides is 1. The van der Waals surface area contributed by atoms with Crippen molar-refractivity contribution in [1.82, 2.24) is 14.7 Å². The van der Waals surface area contributed by atoms with Crippen LogP contribution < -0.4 is 0 Å². The lowest BCUT2D eigenvalue weighted by molar-refractivity contribution is -0.136. The van der Waals surface area contributed by atoms with Crippen LogP contribution in [0.2, 0.25) is 0 Å². The van der Waals surface area contributed by atoms with Gasteiger partial charge in [0.25, 0.3) is 0 Å². The topological polar surface area (TPSA) is 38.1 Å². The first-order chi connectivity index (χ1) is 11.1. The Labute approximate surface area is 138 Å². The first-order valence-electron chi connectivity index (χ1n) is 8.45. The van der Waals surface area contributed by atoms with Crippen LogP contribution in [0.25, 0.3) is 0 Å². The number of rotatable bonds is 5. The van der Waals surface area contributed by atoms with Crippen LogP contribution in [-0.4, -0.2) is 27.1 Å². The number of carbonyl (C=O) groups excluding carboxylic acids is 1. The van der Waals surface area contributed by atoms with Gasteiger partial charge < -0.3 is 4.90 Å². The summed E-state index contributed by atoms with van der Waals surface area (Å²) in [5.41, 5.74) is 2.47. The lowest BCUT2D eigenvalue weighted by Crippen LogP contribution is -2.46. The van der Waals surface area contributed by atoms with E-state index in [1.807, 2.05) is 21.8 Å². The highest BCUT2D eigenvalue weighted by molar-refractivity contribution is 5.77. The van der Waals surface area contributed by atoms with Gasteiger partial charge in [-0.25, -0.2) is 0 Å². The van der Waals surface area contributed by atoms with Gasteiger partial charge in [0.2, 0.25) is 5.91 Å². The van der Waals surface area contributed by atoms with Gasteiger partial charge in [-0.1, -0.05) is 44.2 Å². The fourth-order valence-corrected chi connectivity index (χ4v) is 3.41. The van der Waals surface area contributed by atoms with Gasteiger partial charge in [-0.3, -0.25) is 9.48 Å². The molecule has 1 amide bonds. The minimum Gasteiger partial charge on any atom is -0.337 e. The molecule has 0 unspecified atom stereocenters. The van der Waals surface area contributed by atoms with Crippen LogP contribution in [0.4, 0.5) is 0 Å². The third kappa shape index (κ3) is 3.46. The van der Waals surface area contributed by atoms with Crippen LogP contribution in [0.5, 0.6) is 0 Å². The maximum atomic E-state index is 12.3. The Morgan fingerprint density at radius 3 is 2.78 bits per heavy atom. The smallest absolute Gasteiger partial charge is 0.222 e. The molecule has 1 fully saturated rings. The van der Waals surface area contributed by atoms with Crippen molar-refractivity contribution < 1.29 is 4.79 Å². The lowest BCUT2D eigenvalue weighted by Gasteiger charge is -2.40. The lowest BCUT2D eigenvalue weighted by atomic mass is 9.75. The van der Waals surface area contributed by atoms with Crippen LogP contribution >= 0.6 is 0 Å². The Morgan fingerprint density at radius 1 is 1.26 bits per heavy atom. The molecular weight excluding hydrogens is 286 g/mol. The minimum absolute atomic E-state index is 0.0363. The molecule has 23 heavy (non-hydrogen) atoms. The van der Waals surface area contributed by atoms with E-state index >= 15 is 0 Å². The summed E-state index contributed by atoms with van der Waals surface area (Å²) in [6, 6.07) is 10.5. The van der Waals surface area contributed by atoms with Gasteiger partial charge >= 0.3 is 0 Å². The first-order valence-corrected chi connectivity index (χ1v) is 8.45. The fraction of sp³-hybridized carbons (Fsp3) is 0.474. The van der Waals surface area contributed by atoms with Crippen molar-refractivity contribution in [2.45, 2.75) is 51.6 Å². The Kier molecular flexibility index (Phi) is 4.51. The molecule has 0 spiro atoms. The summed E-state index contributed by atoms with van der Waals surface area (Å²) in [7, 11) is 0. The Hall–Kier alpha value is -2.10. The number of aryl methyl sites for hydroxylation is 1. The molecule has 2 aromatic rings. The zero-order valence-corrected chi connectivity index (χ0v) is 14.0. The molecule has 0 N–H and O–H groups in total. The minimum atomic E-state index is 0.0363. The molecule has 4 heteroatoms. The summed E-state index contributed by atoms with van der Waals surface area (Å²) in [6.07, 6.45) is 6.55. The highest BCUT2D eigenvalue weighted by Gasteiger charge is 2.36. The summed E-state index contributed by atoms with van der Waals surface area (Å²) in [6.45, 7) is 6.76. The van der Waals surface area contributed by atoms with Gasteiger partial charge in [0.05, 0.1) is 6.20 Å². The maximum absolute atomic E-state index is 12.3. The van der Waals surface area contributed by atoms with Crippen molar-refractivity contribution in [1.29, 1.82) is 0 Å². The average Bonchev–Trinajstić information content (AvgIpc) is 3.00. The van der Waals surface area contributed by atoms with Crippen molar-refractivity contribution in [2.75, 3.05) is 6.54 Å². The molecule has 0 saturated carbocycles. The maximum Gasteiger partial charge on any atom is 0.222 e. The standard InChI is InChI=1S/C19H25N3O/c1-3-11-22-14-16(12-20-22)13-21-15-19(2,10-9-18(21)23)17-7-5-4-6-8-17/h4-8,12,14H,3,9-11,13,15H2,1-2H3/t19-/m0/s1. The van der Waals surface area contributed by atoms with Crippen molar-refractivity contribution in [3.05, 3.63) is 53.9 Å². The molecule has 3 rings (SSSR count). The summed E-state index contributed by atoms with van der Waals surface area (Å²) < 4.78 is 1.96. The van der Waals surface area contributed by atoms with E-state index in [1.54, 1.807) is 0 Å². The molecule has 2 heterocycles. The van der Waals surface area contributed by atoms with Gasteiger partial charge in [-0.2, -0.15) is 5.10 Å². The zero-order chi connectivity index (χ0) is 16.3. The van der Waals surface area contributed by atoms with E-state index in [0.717, 1.165) is 31.5 Å². The number of likely N-dealkylation sites (tertiary alicyclic amines) is 1. The molecule has 4 nitrogen and oxygen atoms in total. The summed E-state index contributed by atoms with van der Waals surface area (Å²) >= 11 is 0. The highest BCUT2D eigenvalue weighted by Crippen LogP contribution is 2.34. The average molecular weight is 311 g/mol. The molecule has 1 aromatic carbocycles. The molecule has 1 saturated heterocycles. The summed E-state index contributed by atoms with van der Waals surface area (Å²) in [5.74, 6) is 0.252. The van der Waals surface area contributed by atoms with E-state index in [2.05, 4.69) is 49.4 Å². The quantitative estimate of drug-likeness (QED) is 0.849. The second kappa shape index (κ2) is 6.57. The SMILES string of the molecule is CCCn1cc(CN2C[C@@](C)(c3ccccc3)CCC2=O)cn1. The molecule has 122 valence electrons. The molecule has 1 aliphatic rings. The number of piperidine rings is 1. The number of carbonyl (C=O) groups is 1. The van der Waals surface area contributed by atoms with Gasteiger partial charge in [0.15, 0.2) is 0 Å². The van der Waals surface area contributed by atoms with E-state index in [0.29, 0.717) is 13.0 Å². The molecule has 1 atom stereocenters. The Bertz CT molecular complexity index is 664. The van der Waals surface area contributed by atoms with Gasteiger partial charge in [-0.15, -0.1) is 0 Å². The first kappa shape index (κ1) is 15.8. The number of hydrogen-bond acceptors (Lipinski definition) is 2. The third-order valence-electron chi connectivity index (χ3n) is 4.77. The van der Waals surface area contributed by atoms with Crippen LogP contribution in [0.15, 0.2) is 42.7 Å². The number of benzene rings is 1. The van der Waals surface area contributed by atoms with E-state index in [4.69, 9.17) is 0 Å². The van der Waals surface area contributed by atoms with Crippen molar-refractivity contribution in [3.63, 3.8) is 0 Å². The molecule has 1 aromatic heterocycles. The molecule has 0 bridgehead atoms. The molecule has 1 aliphatic heterocycles. The second-order valence-corrected chi connectivity index (χ2v) is 6.79. The molecule has 0 radical (unpaired) electrons. The predicted molar refractivity (Wildman–Crippen MR) is 91.0 cm³/mol. The van der Waals surface area contributed by atoms with Gasteiger partial charge in [-0.05, 0) is 18.4 Å². The Balaban J connectivity index is 1.74. The normalized spacial score (nSPS) is 21.7. The summed E-state index contributed by atoms with van der Waals surface area (Å²) in [4.78, 5) is 14.3. The predicted octanol–water partition coefficient (Wildman–Crippen LogP) is 3.37. The van der Waals surface area contributed by atoms with E-state index in [-0.39, 0.29) is 11.3 Å². The van der Waals surface area contributed by atoms with Crippen molar-refractivity contribution >= 4 is 5.91 Å². The third-order valence-corrected chi connectivity index (χ3v) is 4.77. The van der Waals surface area contributed by atoms with E-state index in [9.17, 15) is 4.79 Å². The van der Waals surface area contributed by atoms with E-state index < -0.39 is 0 Å². The number of aromatic nitrogens is 2. The number of hydrogen-bond donors (Lipinski definition) is 0. The van der Waals surface area contributed by atoms with Gasteiger partial charge in [0.1, 0.15) is 0 Å². The van der Waals surface area contributed by atoms with Gasteiger partial charge in [0, 0.05) is 43.2 Å². The van der Waals surface area contributed by atoms with Crippen molar-refractivity contribution in [3.8, 4) is 0 Å². The van der Waals surface area contributed by atoms with Crippen LogP contribution in [0.1, 0.15) is 44.2 Å². The fourth-order valence-electron chi connectivity index (χ4n) is 3.41. The number of nitrogens with zero attached hydrogens (tertiary/aromatic N) is 3. The van der Waals surface area contributed by atoms with Crippen LogP contribution in [0, 0.1) is 0 Å². The molecule has 0 aliphatic carbocycles. The largest absolute Gasteiger partial charge is 0.337 e. The second-order valence-electron chi connectivity index (χ2n) is 6.79. The van der Waals surface area contributed by atoms with Crippen LogP contribution in [0.3, 0.4) is 0 Å². The molecular formula is C19H25N3O. The zero-order valence-electron chi connectivity index (χ0n) is 14.0.